The van der Waals surface area contributed by atoms with Crippen LogP contribution in [-0.4, -0.2) is 27.8 Å². The summed E-state index contributed by atoms with van der Waals surface area (Å²) in [6.45, 7) is 5.13. The highest BCUT2D eigenvalue weighted by molar-refractivity contribution is 9.10. The van der Waals surface area contributed by atoms with Crippen LogP contribution in [-0.2, 0) is 16.6 Å². The van der Waals surface area contributed by atoms with Crippen molar-refractivity contribution in [1.82, 2.24) is 9.78 Å². The van der Waals surface area contributed by atoms with E-state index in [4.69, 9.17) is 16.3 Å². The Bertz CT molecular complexity index is 804. The van der Waals surface area contributed by atoms with Gasteiger partial charge in [0.1, 0.15) is 0 Å². The zero-order chi connectivity index (χ0) is 18.0. The Morgan fingerprint density at radius 2 is 2.04 bits per heavy atom. The standard InChI is InChI=1S/C16H17BrClN3O3/c1-8-14(9(2)21(4)20-8)19-15(22)10(3)24-16(23)12-7-11(17)5-6-13(12)18/h5-7,10H,1-4H3,(H,19,22)/t10-/m1/s1. The third-order valence-electron chi connectivity index (χ3n) is 3.56. The lowest BCUT2D eigenvalue weighted by Crippen LogP contribution is -2.30. The Hall–Kier alpha value is -1.86. The van der Waals surface area contributed by atoms with Crippen LogP contribution in [0.5, 0.6) is 0 Å². The van der Waals surface area contributed by atoms with E-state index >= 15 is 0 Å². The summed E-state index contributed by atoms with van der Waals surface area (Å²) in [6, 6.07) is 4.84. The zero-order valence-electron chi connectivity index (χ0n) is 13.7. The number of nitrogens with zero attached hydrogens (tertiary/aromatic N) is 2. The highest BCUT2D eigenvalue weighted by Gasteiger charge is 2.22. The van der Waals surface area contributed by atoms with Crippen molar-refractivity contribution in [3.05, 3.63) is 44.6 Å². The molecule has 2 rings (SSSR count). The lowest BCUT2D eigenvalue weighted by molar-refractivity contribution is -0.123. The molecule has 0 aliphatic rings. The summed E-state index contributed by atoms with van der Waals surface area (Å²) in [7, 11) is 1.79. The molecule has 0 unspecified atom stereocenters. The topological polar surface area (TPSA) is 73.2 Å². The summed E-state index contributed by atoms with van der Waals surface area (Å²) in [5.74, 6) is -1.10. The molecule has 1 atom stereocenters. The van der Waals surface area contributed by atoms with E-state index in [0.717, 1.165) is 5.69 Å². The van der Waals surface area contributed by atoms with Crippen LogP contribution < -0.4 is 5.32 Å². The number of esters is 1. The van der Waals surface area contributed by atoms with Crippen LogP contribution in [0.4, 0.5) is 5.69 Å². The number of halogens is 2. The Labute approximate surface area is 153 Å². The molecule has 128 valence electrons. The van der Waals surface area contributed by atoms with E-state index in [-0.39, 0.29) is 10.6 Å². The Morgan fingerprint density at radius 3 is 2.62 bits per heavy atom. The van der Waals surface area contributed by atoms with Gasteiger partial charge in [0.25, 0.3) is 5.91 Å². The molecular formula is C16H17BrClN3O3. The molecule has 0 radical (unpaired) electrons. The van der Waals surface area contributed by atoms with Crippen LogP contribution in [0.3, 0.4) is 0 Å². The van der Waals surface area contributed by atoms with E-state index in [1.807, 2.05) is 6.92 Å². The third kappa shape index (κ3) is 3.96. The minimum absolute atomic E-state index is 0.194. The highest BCUT2D eigenvalue weighted by Crippen LogP contribution is 2.23. The van der Waals surface area contributed by atoms with Crippen molar-refractivity contribution in [1.29, 1.82) is 0 Å². The molecule has 1 amide bonds. The number of hydrogen-bond donors (Lipinski definition) is 1. The van der Waals surface area contributed by atoms with Crippen molar-refractivity contribution < 1.29 is 14.3 Å². The van der Waals surface area contributed by atoms with Gasteiger partial charge in [-0.1, -0.05) is 27.5 Å². The second kappa shape index (κ2) is 7.36. The average molecular weight is 415 g/mol. The molecule has 2 aromatic rings. The number of carbonyl (C=O) groups is 2. The van der Waals surface area contributed by atoms with Gasteiger partial charge in [0.05, 0.1) is 27.7 Å². The zero-order valence-corrected chi connectivity index (χ0v) is 16.0. The third-order valence-corrected chi connectivity index (χ3v) is 4.38. The van der Waals surface area contributed by atoms with Crippen LogP contribution in [0.15, 0.2) is 22.7 Å². The highest BCUT2D eigenvalue weighted by atomic mass is 79.9. The van der Waals surface area contributed by atoms with Crippen molar-refractivity contribution >= 4 is 45.1 Å². The summed E-state index contributed by atoms with van der Waals surface area (Å²) < 4.78 is 7.57. The van der Waals surface area contributed by atoms with Crippen LogP contribution in [0.1, 0.15) is 28.7 Å². The van der Waals surface area contributed by atoms with Gasteiger partial charge in [-0.15, -0.1) is 0 Å². The van der Waals surface area contributed by atoms with Gasteiger partial charge in [0, 0.05) is 11.5 Å². The molecule has 0 aliphatic carbocycles. The van der Waals surface area contributed by atoms with Crippen molar-refractivity contribution in [2.45, 2.75) is 26.9 Å². The van der Waals surface area contributed by atoms with Crippen LogP contribution in [0, 0.1) is 13.8 Å². The normalized spacial score (nSPS) is 11.9. The number of amides is 1. The summed E-state index contributed by atoms with van der Waals surface area (Å²) in [6.07, 6.45) is -0.980. The van der Waals surface area contributed by atoms with Crippen molar-refractivity contribution in [3.8, 4) is 0 Å². The van der Waals surface area contributed by atoms with E-state index in [0.29, 0.717) is 15.9 Å². The van der Waals surface area contributed by atoms with E-state index < -0.39 is 18.0 Å². The first-order chi connectivity index (χ1) is 11.2. The number of aryl methyl sites for hydroxylation is 2. The maximum absolute atomic E-state index is 12.3. The summed E-state index contributed by atoms with van der Waals surface area (Å²) in [4.78, 5) is 24.5. The molecule has 6 nitrogen and oxygen atoms in total. The molecule has 1 N–H and O–H groups in total. The molecule has 24 heavy (non-hydrogen) atoms. The number of rotatable bonds is 4. The molecule has 1 aromatic heterocycles. The van der Waals surface area contributed by atoms with Crippen molar-refractivity contribution in [3.63, 3.8) is 0 Å². The molecule has 0 saturated heterocycles. The monoisotopic (exact) mass is 413 g/mol. The quantitative estimate of drug-likeness (QED) is 0.775. The molecule has 0 aliphatic heterocycles. The minimum atomic E-state index is -0.980. The molecule has 1 aromatic carbocycles. The van der Waals surface area contributed by atoms with Crippen LogP contribution >= 0.6 is 27.5 Å². The SMILES string of the molecule is Cc1nn(C)c(C)c1NC(=O)[C@@H](C)OC(=O)c1cc(Br)ccc1Cl. The molecule has 0 bridgehead atoms. The number of nitrogens with one attached hydrogen (secondary N) is 1. The fourth-order valence-electron chi connectivity index (χ4n) is 2.11. The van der Waals surface area contributed by atoms with E-state index in [2.05, 4.69) is 26.3 Å². The summed E-state index contributed by atoms with van der Waals surface area (Å²) in [5, 5.41) is 7.22. The van der Waals surface area contributed by atoms with Gasteiger partial charge < -0.3 is 10.1 Å². The fraction of sp³-hybridized carbons (Fsp3) is 0.312. The smallest absolute Gasteiger partial charge is 0.340 e. The van der Waals surface area contributed by atoms with Gasteiger partial charge in [-0.2, -0.15) is 5.10 Å². The van der Waals surface area contributed by atoms with Gasteiger partial charge in [-0.25, -0.2) is 4.79 Å². The van der Waals surface area contributed by atoms with E-state index in [9.17, 15) is 9.59 Å². The van der Waals surface area contributed by atoms with Gasteiger partial charge in [-0.3, -0.25) is 9.48 Å². The average Bonchev–Trinajstić information content (AvgIpc) is 2.75. The van der Waals surface area contributed by atoms with Gasteiger partial charge >= 0.3 is 5.97 Å². The van der Waals surface area contributed by atoms with Crippen molar-refractivity contribution in [2.24, 2.45) is 7.05 Å². The first-order valence-corrected chi connectivity index (χ1v) is 8.35. The number of ether oxygens (including phenoxy) is 1. The Balaban J connectivity index is 2.08. The van der Waals surface area contributed by atoms with E-state index in [1.165, 1.54) is 6.92 Å². The first kappa shape index (κ1) is 18.5. The summed E-state index contributed by atoms with van der Waals surface area (Å²) in [5.41, 5.74) is 2.32. The van der Waals surface area contributed by atoms with Crippen molar-refractivity contribution in [2.75, 3.05) is 5.32 Å². The predicted octanol–water partition coefficient (Wildman–Crippen LogP) is 3.64. The lowest BCUT2D eigenvalue weighted by Gasteiger charge is -2.14. The Kier molecular flexibility index (Phi) is 5.66. The molecule has 0 saturated carbocycles. The molecule has 0 spiro atoms. The number of anilines is 1. The number of aromatic nitrogens is 2. The Morgan fingerprint density at radius 1 is 1.38 bits per heavy atom. The summed E-state index contributed by atoms with van der Waals surface area (Å²) >= 11 is 9.26. The predicted molar refractivity (Wildman–Crippen MR) is 95.3 cm³/mol. The van der Waals surface area contributed by atoms with Gasteiger partial charge in [-0.05, 0) is 39.0 Å². The maximum Gasteiger partial charge on any atom is 0.340 e. The molecular weight excluding hydrogens is 398 g/mol. The fourth-order valence-corrected chi connectivity index (χ4v) is 2.67. The second-order valence-corrected chi connectivity index (χ2v) is 6.65. The number of benzene rings is 1. The lowest BCUT2D eigenvalue weighted by atomic mass is 10.2. The second-order valence-electron chi connectivity index (χ2n) is 5.33. The number of carbonyl (C=O) groups excluding carboxylic acids is 2. The molecule has 0 fully saturated rings. The molecule has 1 heterocycles. The van der Waals surface area contributed by atoms with Gasteiger partial charge in [0.15, 0.2) is 6.10 Å². The van der Waals surface area contributed by atoms with Gasteiger partial charge in [0.2, 0.25) is 0 Å². The number of hydrogen-bond acceptors (Lipinski definition) is 4. The van der Waals surface area contributed by atoms with E-state index in [1.54, 1.807) is 36.9 Å². The molecule has 8 heteroatoms. The maximum atomic E-state index is 12.3. The first-order valence-electron chi connectivity index (χ1n) is 7.17. The minimum Gasteiger partial charge on any atom is -0.449 e. The largest absolute Gasteiger partial charge is 0.449 e. The van der Waals surface area contributed by atoms with Crippen LogP contribution in [0.25, 0.3) is 0 Å². The van der Waals surface area contributed by atoms with Crippen LogP contribution in [0.2, 0.25) is 5.02 Å².